The first-order chi connectivity index (χ1) is 6.40. The summed E-state index contributed by atoms with van der Waals surface area (Å²) in [5, 5.41) is 0. The number of hydrogen-bond acceptors (Lipinski definition) is 1. The van der Waals surface area contributed by atoms with Crippen LogP contribution in [0.15, 0.2) is 0 Å². The Bertz CT molecular complexity index is 190. The van der Waals surface area contributed by atoms with Crippen molar-refractivity contribution in [1.29, 1.82) is 0 Å². The fourth-order valence-electron chi connectivity index (χ4n) is 1.76. The van der Waals surface area contributed by atoms with E-state index < -0.39 is 4.33 Å². The lowest BCUT2D eigenvalue weighted by Crippen LogP contribution is -2.30. The van der Waals surface area contributed by atoms with Gasteiger partial charge in [0.15, 0.2) is 0 Å². The van der Waals surface area contributed by atoms with E-state index in [0.29, 0.717) is 5.92 Å². The van der Waals surface area contributed by atoms with Crippen LogP contribution in [0.3, 0.4) is 0 Å². The summed E-state index contributed by atoms with van der Waals surface area (Å²) in [5.41, 5.74) is -0.169. The molecule has 0 heterocycles. The Morgan fingerprint density at radius 2 is 1.93 bits per heavy atom. The Labute approximate surface area is 97.1 Å². The first-order valence-corrected chi connectivity index (χ1v) is 6.17. The van der Waals surface area contributed by atoms with Crippen molar-refractivity contribution in [3.05, 3.63) is 0 Å². The first kappa shape index (κ1) is 12.6. The lowest BCUT2D eigenvalue weighted by Gasteiger charge is -2.26. The van der Waals surface area contributed by atoms with Gasteiger partial charge in [-0.2, -0.15) is 0 Å². The van der Waals surface area contributed by atoms with Crippen molar-refractivity contribution in [3.63, 3.8) is 0 Å². The summed E-state index contributed by atoms with van der Waals surface area (Å²) in [6, 6.07) is 0. The van der Waals surface area contributed by atoms with E-state index in [-0.39, 0.29) is 5.60 Å². The van der Waals surface area contributed by atoms with Gasteiger partial charge >= 0.3 is 0 Å². The molecule has 0 aromatic rings. The molecule has 0 aromatic heterocycles. The van der Waals surface area contributed by atoms with Gasteiger partial charge in [0.25, 0.3) is 0 Å². The van der Waals surface area contributed by atoms with Crippen LogP contribution in [0.4, 0.5) is 0 Å². The van der Waals surface area contributed by atoms with Crippen LogP contribution >= 0.6 is 23.2 Å². The quantitative estimate of drug-likeness (QED) is 0.499. The third-order valence-electron chi connectivity index (χ3n) is 2.89. The van der Waals surface area contributed by atoms with Crippen LogP contribution < -0.4 is 0 Å². The van der Waals surface area contributed by atoms with E-state index in [9.17, 15) is 0 Å². The van der Waals surface area contributed by atoms with E-state index in [4.69, 9.17) is 27.9 Å². The van der Waals surface area contributed by atoms with Crippen molar-refractivity contribution in [2.24, 2.45) is 5.92 Å². The zero-order chi connectivity index (χ0) is 10.8. The molecule has 84 valence electrons. The second-order valence-corrected chi connectivity index (χ2v) is 6.22. The first-order valence-electron chi connectivity index (χ1n) is 5.42. The smallest absolute Gasteiger partial charge is 0.124 e. The average molecular weight is 239 g/mol. The van der Waals surface area contributed by atoms with Crippen molar-refractivity contribution in [1.82, 2.24) is 0 Å². The van der Waals surface area contributed by atoms with Crippen LogP contribution in [0.5, 0.6) is 0 Å². The second kappa shape index (κ2) is 4.59. The maximum atomic E-state index is 6.02. The van der Waals surface area contributed by atoms with Gasteiger partial charge < -0.3 is 4.74 Å². The minimum absolute atomic E-state index is 0.169. The Kier molecular flexibility index (Phi) is 4.13. The number of hydrogen-bond donors (Lipinski definition) is 0. The Hall–Kier alpha value is 0.540. The Morgan fingerprint density at radius 1 is 1.36 bits per heavy atom. The van der Waals surface area contributed by atoms with Gasteiger partial charge in [-0.25, -0.2) is 0 Å². The molecule has 0 spiro atoms. The number of halogens is 2. The summed E-state index contributed by atoms with van der Waals surface area (Å²) < 4.78 is 5.29. The molecule has 14 heavy (non-hydrogen) atoms. The molecule has 1 saturated carbocycles. The Morgan fingerprint density at radius 3 is 2.36 bits per heavy atom. The van der Waals surface area contributed by atoms with Gasteiger partial charge in [0.2, 0.25) is 0 Å². The third kappa shape index (κ3) is 3.29. The fraction of sp³-hybridized carbons (Fsp3) is 1.00. The highest BCUT2D eigenvalue weighted by molar-refractivity contribution is 6.51. The molecule has 1 unspecified atom stereocenters. The lowest BCUT2D eigenvalue weighted by atomic mass is 10.0. The molecule has 0 bridgehead atoms. The molecule has 0 saturated heterocycles. The van der Waals surface area contributed by atoms with Gasteiger partial charge in [-0.15, -0.1) is 23.2 Å². The third-order valence-corrected chi connectivity index (χ3v) is 3.72. The maximum Gasteiger partial charge on any atom is 0.124 e. The molecule has 1 nitrogen and oxygen atoms in total. The second-order valence-electron chi connectivity index (χ2n) is 4.68. The van der Waals surface area contributed by atoms with Gasteiger partial charge in [-0.3, -0.25) is 0 Å². The molecule has 1 aliphatic rings. The SMILES string of the molecule is CCCCCOC(C)(C)C1CC1(Cl)Cl. The average Bonchev–Trinajstić information content (AvgIpc) is 2.70. The topological polar surface area (TPSA) is 9.23 Å². The molecule has 3 heteroatoms. The van der Waals surface area contributed by atoms with Crippen molar-refractivity contribution in [3.8, 4) is 0 Å². The van der Waals surface area contributed by atoms with E-state index in [2.05, 4.69) is 20.8 Å². The number of ether oxygens (including phenoxy) is 1. The van der Waals surface area contributed by atoms with Crippen LogP contribution in [0.1, 0.15) is 46.5 Å². The zero-order valence-electron chi connectivity index (χ0n) is 9.28. The minimum atomic E-state index is -0.533. The van der Waals surface area contributed by atoms with Gasteiger partial charge in [0.1, 0.15) is 4.33 Å². The highest BCUT2D eigenvalue weighted by Crippen LogP contribution is 2.59. The predicted molar refractivity (Wildman–Crippen MR) is 62.1 cm³/mol. The van der Waals surface area contributed by atoms with E-state index in [0.717, 1.165) is 19.4 Å². The normalized spacial score (nSPS) is 25.1. The van der Waals surface area contributed by atoms with E-state index >= 15 is 0 Å². The summed E-state index contributed by atoms with van der Waals surface area (Å²) in [6.45, 7) is 7.17. The maximum absolute atomic E-state index is 6.02. The van der Waals surface area contributed by atoms with Gasteiger partial charge in [-0.05, 0) is 26.7 Å². The monoisotopic (exact) mass is 238 g/mol. The highest BCUT2D eigenvalue weighted by atomic mass is 35.5. The van der Waals surface area contributed by atoms with Gasteiger partial charge in [0, 0.05) is 12.5 Å². The summed E-state index contributed by atoms with van der Waals surface area (Å²) in [7, 11) is 0. The summed E-state index contributed by atoms with van der Waals surface area (Å²) >= 11 is 12.0. The molecule has 0 aliphatic heterocycles. The molecule has 1 atom stereocenters. The molecule has 1 fully saturated rings. The number of rotatable bonds is 6. The lowest BCUT2D eigenvalue weighted by molar-refractivity contribution is -0.0359. The number of unbranched alkanes of at least 4 members (excludes halogenated alkanes) is 2. The van der Waals surface area contributed by atoms with Gasteiger partial charge in [-0.1, -0.05) is 19.8 Å². The van der Waals surface area contributed by atoms with E-state index in [1.54, 1.807) is 0 Å². The summed E-state index contributed by atoms with van der Waals surface area (Å²) in [6.07, 6.45) is 4.44. The molecular weight excluding hydrogens is 219 g/mol. The Balaban J connectivity index is 2.22. The summed E-state index contributed by atoms with van der Waals surface area (Å²) in [5.74, 6) is 0.292. The largest absolute Gasteiger partial charge is 0.375 e. The van der Waals surface area contributed by atoms with Crippen LogP contribution in [-0.2, 0) is 4.74 Å². The molecule has 0 amide bonds. The summed E-state index contributed by atoms with van der Waals surface area (Å²) in [4.78, 5) is 0. The fourth-order valence-corrected chi connectivity index (χ4v) is 2.59. The molecule has 0 radical (unpaired) electrons. The van der Waals surface area contributed by atoms with Crippen molar-refractivity contribution < 1.29 is 4.74 Å². The molecule has 1 rings (SSSR count). The molecular formula is C11H20Cl2O. The molecule has 0 N–H and O–H groups in total. The van der Waals surface area contributed by atoms with Crippen molar-refractivity contribution >= 4 is 23.2 Å². The predicted octanol–water partition coefficient (Wildman–Crippen LogP) is 4.17. The van der Waals surface area contributed by atoms with Crippen LogP contribution in [0.25, 0.3) is 0 Å². The molecule has 1 aliphatic carbocycles. The van der Waals surface area contributed by atoms with Gasteiger partial charge in [0.05, 0.1) is 5.60 Å². The minimum Gasteiger partial charge on any atom is -0.375 e. The van der Waals surface area contributed by atoms with E-state index in [1.165, 1.54) is 12.8 Å². The van der Waals surface area contributed by atoms with Crippen molar-refractivity contribution in [2.75, 3.05) is 6.61 Å². The van der Waals surface area contributed by atoms with E-state index in [1.807, 2.05) is 0 Å². The van der Waals surface area contributed by atoms with Crippen LogP contribution in [0.2, 0.25) is 0 Å². The molecule has 0 aromatic carbocycles. The van der Waals surface area contributed by atoms with Crippen molar-refractivity contribution in [2.45, 2.75) is 56.4 Å². The zero-order valence-corrected chi connectivity index (χ0v) is 10.8. The highest BCUT2D eigenvalue weighted by Gasteiger charge is 2.59. The number of alkyl halides is 2. The van der Waals surface area contributed by atoms with Crippen LogP contribution in [-0.4, -0.2) is 16.5 Å². The standard InChI is InChI=1S/C11H20Cl2O/c1-4-5-6-7-14-10(2,3)9-8-11(9,12)13/h9H,4-8H2,1-3H3. The van der Waals surface area contributed by atoms with Crippen LogP contribution in [0, 0.1) is 5.92 Å².